The van der Waals surface area contributed by atoms with Gasteiger partial charge in [0.2, 0.25) is 0 Å². The van der Waals surface area contributed by atoms with E-state index in [1.54, 1.807) is 0 Å². The van der Waals surface area contributed by atoms with Crippen LogP contribution in [0.5, 0.6) is 0 Å². The fourth-order valence-corrected chi connectivity index (χ4v) is 2.88. The summed E-state index contributed by atoms with van der Waals surface area (Å²) in [7, 11) is 0. The molecule has 98 valence electrons. The minimum absolute atomic E-state index is 0.360. The van der Waals surface area contributed by atoms with Gasteiger partial charge in [-0.25, -0.2) is 0 Å². The molecule has 0 saturated heterocycles. The van der Waals surface area contributed by atoms with Crippen molar-refractivity contribution in [2.75, 3.05) is 13.1 Å². The van der Waals surface area contributed by atoms with E-state index in [-0.39, 0.29) is 6.10 Å². The van der Waals surface area contributed by atoms with Gasteiger partial charge in [-0.3, -0.25) is 0 Å². The van der Waals surface area contributed by atoms with Gasteiger partial charge in [-0.05, 0) is 11.1 Å². The number of aliphatic hydroxyl groups excluding tert-OH is 1. The molecule has 0 fully saturated rings. The maximum absolute atomic E-state index is 10.3. The first kappa shape index (κ1) is 12.4. The number of rotatable bonds is 3. The van der Waals surface area contributed by atoms with Gasteiger partial charge in [0.1, 0.15) is 19.2 Å². The molecule has 1 aliphatic heterocycles. The Morgan fingerprint density at radius 2 is 1.63 bits per heavy atom. The molecule has 2 heteroatoms. The highest BCUT2D eigenvalue weighted by molar-refractivity contribution is 5.27. The van der Waals surface area contributed by atoms with E-state index in [1.165, 1.54) is 16.0 Å². The molecule has 1 aliphatic rings. The maximum Gasteiger partial charge on any atom is 0.128 e. The van der Waals surface area contributed by atoms with Crippen LogP contribution in [-0.4, -0.2) is 18.2 Å². The van der Waals surface area contributed by atoms with Crippen molar-refractivity contribution in [3.63, 3.8) is 0 Å². The fraction of sp³-hybridized carbons (Fsp3) is 0.294. The SMILES string of the molecule is O[C@@H](C[NH+]1CCc2ccccc2C1)c1ccccc1. The van der Waals surface area contributed by atoms with Gasteiger partial charge in [0.25, 0.3) is 0 Å². The topological polar surface area (TPSA) is 24.7 Å². The number of fused-ring (bicyclic) bond motifs is 1. The van der Waals surface area contributed by atoms with Crippen LogP contribution < -0.4 is 4.90 Å². The number of quaternary nitrogens is 1. The van der Waals surface area contributed by atoms with E-state index in [4.69, 9.17) is 0 Å². The van der Waals surface area contributed by atoms with Crippen molar-refractivity contribution in [3.05, 3.63) is 71.3 Å². The van der Waals surface area contributed by atoms with Crippen LogP contribution >= 0.6 is 0 Å². The third kappa shape index (κ3) is 2.86. The number of hydrogen-bond donors (Lipinski definition) is 2. The third-order valence-corrected chi connectivity index (χ3v) is 3.97. The summed E-state index contributed by atoms with van der Waals surface area (Å²) < 4.78 is 0. The quantitative estimate of drug-likeness (QED) is 0.849. The van der Waals surface area contributed by atoms with Gasteiger partial charge >= 0.3 is 0 Å². The smallest absolute Gasteiger partial charge is 0.128 e. The zero-order valence-electron chi connectivity index (χ0n) is 11.0. The molecule has 0 spiro atoms. The Bertz CT molecular complexity index is 538. The zero-order valence-corrected chi connectivity index (χ0v) is 11.0. The van der Waals surface area contributed by atoms with Crippen LogP contribution in [0.15, 0.2) is 54.6 Å². The summed E-state index contributed by atoms with van der Waals surface area (Å²) in [4.78, 5) is 1.47. The van der Waals surface area contributed by atoms with Gasteiger partial charge in [0.15, 0.2) is 0 Å². The number of nitrogens with one attached hydrogen (secondary N) is 1. The molecule has 1 unspecified atom stereocenters. The molecular formula is C17H20NO+. The first-order chi connectivity index (χ1) is 9.33. The van der Waals surface area contributed by atoms with Crippen LogP contribution in [0.2, 0.25) is 0 Å². The van der Waals surface area contributed by atoms with Crippen LogP contribution in [0.25, 0.3) is 0 Å². The molecule has 3 rings (SSSR count). The van der Waals surface area contributed by atoms with Crippen molar-refractivity contribution in [3.8, 4) is 0 Å². The highest BCUT2D eigenvalue weighted by atomic mass is 16.3. The zero-order chi connectivity index (χ0) is 13.1. The van der Waals surface area contributed by atoms with E-state index in [2.05, 4.69) is 24.3 Å². The van der Waals surface area contributed by atoms with Crippen molar-refractivity contribution in [2.24, 2.45) is 0 Å². The second kappa shape index (κ2) is 5.55. The Morgan fingerprint density at radius 3 is 2.42 bits per heavy atom. The van der Waals surface area contributed by atoms with Gasteiger partial charge in [-0.15, -0.1) is 0 Å². The number of aliphatic hydroxyl groups is 1. The van der Waals surface area contributed by atoms with Crippen molar-refractivity contribution >= 4 is 0 Å². The van der Waals surface area contributed by atoms with E-state index in [0.717, 1.165) is 31.6 Å². The van der Waals surface area contributed by atoms with Crippen LogP contribution in [-0.2, 0) is 13.0 Å². The van der Waals surface area contributed by atoms with Crippen molar-refractivity contribution in [1.82, 2.24) is 0 Å². The number of benzene rings is 2. The molecule has 2 atom stereocenters. The Morgan fingerprint density at radius 1 is 0.947 bits per heavy atom. The average molecular weight is 254 g/mol. The average Bonchev–Trinajstić information content (AvgIpc) is 2.48. The molecule has 2 aromatic carbocycles. The largest absolute Gasteiger partial charge is 0.382 e. The summed E-state index contributed by atoms with van der Waals surface area (Å²) in [6.45, 7) is 2.93. The molecule has 19 heavy (non-hydrogen) atoms. The van der Waals surface area contributed by atoms with Crippen molar-refractivity contribution in [2.45, 2.75) is 19.1 Å². The summed E-state index contributed by atoms with van der Waals surface area (Å²) in [5.41, 5.74) is 3.93. The number of hydrogen-bond acceptors (Lipinski definition) is 1. The lowest BCUT2D eigenvalue weighted by molar-refractivity contribution is -0.919. The molecular weight excluding hydrogens is 234 g/mol. The first-order valence-corrected chi connectivity index (χ1v) is 6.96. The molecule has 2 nitrogen and oxygen atoms in total. The second-order valence-corrected chi connectivity index (χ2v) is 5.33. The van der Waals surface area contributed by atoms with E-state index in [1.807, 2.05) is 30.3 Å². The van der Waals surface area contributed by atoms with E-state index >= 15 is 0 Å². The monoisotopic (exact) mass is 254 g/mol. The van der Waals surface area contributed by atoms with Gasteiger partial charge in [-0.1, -0.05) is 54.6 Å². The lowest BCUT2D eigenvalue weighted by atomic mass is 9.99. The minimum atomic E-state index is -0.360. The van der Waals surface area contributed by atoms with Crippen LogP contribution in [0, 0.1) is 0 Å². The molecule has 0 aliphatic carbocycles. The third-order valence-electron chi connectivity index (χ3n) is 3.97. The molecule has 0 saturated carbocycles. The molecule has 2 N–H and O–H groups in total. The highest BCUT2D eigenvalue weighted by Crippen LogP contribution is 2.13. The Labute approximate surface area is 114 Å². The van der Waals surface area contributed by atoms with Crippen LogP contribution in [0.1, 0.15) is 22.8 Å². The Kier molecular flexibility index (Phi) is 3.62. The standard InChI is InChI=1S/C17H19NO/c19-17(15-7-2-1-3-8-15)13-18-11-10-14-6-4-5-9-16(14)12-18/h1-9,17,19H,10-13H2/p+1/t17-/m0/s1. The predicted octanol–water partition coefficient (Wildman–Crippen LogP) is 1.36. The van der Waals surface area contributed by atoms with Crippen LogP contribution in [0.3, 0.4) is 0 Å². The fourth-order valence-electron chi connectivity index (χ4n) is 2.88. The lowest BCUT2D eigenvalue weighted by Gasteiger charge is -2.27. The summed E-state index contributed by atoms with van der Waals surface area (Å²) in [6, 6.07) is 18.6. The molecule has 0 bridgehead atoms. The van der Waals surface area contributed by atoms with Crippen molar-refractivity contribution in [1.29, 1.82) is 0 Å². The van der Waals surface area contributed by atoms with Gasteiger partial charge < -0.3 is 10.0 Å². The molecule has 0 radical (unpaired) electrons. The van der Waals surface area contributed by atoms with E-state index in [9.17, 15) is 5.11 Å². The Balaban J connectivity index is 1.66. The minimum Gasteiger partial charge on any atom is -0.382 e. The summed E-state index contributed by atoms with van der Waals surface area (Å²) in [5, 5.41) is 10.3. The Hall–Kier alpha value is -1.64. The lowest BCUT2D eigenvalue weighted by Crippen LogP contribution is -3.12. The van der Waals surface area contributed by atoms with Gasteiger partial charge in [0, 0.05) is 12.0 Å². The van der Waals surface area contributed by atoms with Gasteiger partial charge in [-0.2, -0.15) is 0 Å². The predicted molar refractivity (Wildman–Crippen MR) is 75.9 cm³/mol. The molecule has 2 aromatic rings. The summed E-state index contributed by atoms with van der Waals surface area (Å²) >= 11 is 0. The van der Waals surface area contributed by atoms with E-state index < -0.39 is 0 Å². The van der Waals surface area contributed by atoms with Crippen LogP contribution in [0.4, 0.5) is 0 Å². The second-order valence-electron chi connectivity index (χ2n) is 5.33. The highest BCUT2D eigenvalue weighted by Gasteiger charge is 2.22. The molecule has 0 aromatic heterocycles. The molecule has 1 heterocycles. The summed E-state index contributed by atoms with van der Waals surface area (Å²) in [5.74, 6) is 0. The van der Waals surface area contributed by atoms with Gasteiger partial charge in [0.05, 0.1) is 6.54 Å². The summed E-state index contributed by atoms with van der Waals surface area (Å²) in [6.07, 6.45) is 0.758. The maximum atomic E-state index is 10.3. The normalized spacial score (nSPS) is 19.7. The molecule has 0 amide bonds. The first-order valence-electron chi connectivity index (χ1n) is 6.96. The van der Waals surface area contributed by atoms with Crippen molar-refractivity contribution < 1.29 is 10.0 Å². The van der Waals surface area contributed by atoms with E-state index in [0.29, 0.717) is 0 Å².